The van der Waals surface area contributed by atoms with E-state index in [2.05, 4.69) is 0 Å². The van der Waals surface area contributed by atoms with Crippen LogP contribution in [0.15, 0.2) is 17.5 Å². The van der Waals surface area contributed by atoms with Gasteiger partial charge in [0.25, 0.3) is 0 Å². The zero-order chi connectivity index (χ0) is 12.8. The van der Waals surface area contributed by atoms with Crippen molar-refractivity contribution in [1.82, 2.24) is 0 Å². The second-order valence-electron chi connectivity index (χ2n) is 5.00. The molecule has 0 aliphatic heterocycles. The average molecular weight is 266 g/mol. The molecule has 2 rings (SSSR count). The van der Waals surface area contributed by atoms with Gasteiger partial charge in [0.1, 0.15) is 6.10 Å². The number of ketones is 1. The van der Waals surface area contributed by atoms with Gasteiger partial charge in [-0.1, -0.05) is 25.3 Å². The largest absolute Gasteiger partial charge is 0.370 e. The number of thiophene rings is 1. The summed E-state index contributed by atoms with van der Waals surface area (Å²) in [7, 11) is 0. The van der Waals surface area contributed by atoms with Gasteiger partial charge in [-0.05, 0) is 37.1 Å². The van der Waals surface area contributed by atoms with E-state index in [1.54, 1.807) is 11.3 Å². The van der Waals surface area contributed by atoms with Crippen LogP contribution in [0.3, 0.4) is 0 Å². The third kappa shape index (κ3) is 3.66. The van der Waals surface area contributed by atoms with Crippen LogP contribution in [-0.4, -0.2) is 18.5 Å². The molecule has 100 valence electrons. The fourth-order valence-electron chi connectivity index (χ4n) is 2.79. The zero-order valence-corrected chi connectivity index (χ0v) is 11.9. The molecule has 1 aliphatic rings. The van der Waals surface area contributed by atoms with Crippen LogP contribution in [-0.2, 0) is 16.0 Å². The Hall–Kier alpha value is -0.670. The molecule has 0 bridgehead atoms. The van der Waals surface area contributed by atoms with Gasteiger partial charge in [-0.3, -0.25) is 4.79 Å². The molecule has 0 aromatic carbocycles. The predicted octanol–water partition coefficient (Wildman–Crippen LogP) is 3.85. The Kier molecular flexibility index (Phi) is 5.39. The fraction of sp³-hybridized carbons (Fsp3) is 0.667. The fourth-order valence-corrected chi connectivity index (χ4v) is 3.51. The maximum atomic E-state index is 12.4. The van der Waals surface area contributed by atoms with Crippen molar-refractivity contribution in [3.05, 3.63) is 22.4 Å². The van der Waals surface area contributed by atoms with E-state index >= 15 is 0 Å². The van der Waals surface area contributed by atoms with E-state index in [1.165, 1.54) is 19.3 Å². The molecule has 1 aromatic heterocycles. The lowest BCUT2D eigenvalue weighted by molar-refractivity contribution is -0.134. The normalized spacial score (nSPS) is 18.7. The van der Waals surface area contributed by atoms with Crippen molar-refractivity contribution in [2.24, 2.45) is 5.92 Å². The number of rotatable bonds is 6. The van der Waals surface area contributed by atoms with Gasteiger partial charge in [-0.15, -0.1) is 11.3 Å². The Morgan fingerprint density at radius 1 is 1.44 bits per heavy atom. The first-order valence-electron chi connectivity index (χ1n) is 6.98. The SMILES string of the molecule is CCOC(C(=O)Cc1cccs1)C1CCCCC1. The van der Waals surface area contributed by atoms with Crippen LogP contribution in [0.25, 0.3) is 0 Å². The van der Waals surface area contributed by atoms with E-state index in [1.807, 2.05) is 24.4 Å². The number of hydrogen-bond donors (Lipinski definition) is 0. The number of Topliss-reactive ketones (excluding diaryl/α,β-unsaturated/α-hetero) is 1. The molecule has 18 heavy (non-hydrogen) atoms. The maximum absolute atomic E-state index is 12.4. The molecule has 0 saturated heterocycles. The minimum atomic E-state index is -0.169. The molecule has 1 heterocycles. The lowest BCUT2D eigenvalue weighted by Gasteiger charge is -2.29. The first-order valence-corrected chi connectivity index (χ1v) is 7.86. The van der Waals surface area contributed by atoms with E-state index in [4.69, 9.17) is 4.74 Å². The summed E-state index contributed by atoms with van der Waals surface area (Å²) in [5.41, 5.74) is 0. The predicted molar refractivity (Wildman–Crippen MR) is 75.0 cm³/mol. The molecule has 1 saturated carbocycles. The standard InChI is InChI=1S/C15H22O2S/c1-2-17-15(12-7-4-3-5-8-12)14(16)11-13-9-6-10-18-13/h6,9-10,12,15H,2-5,7-8,11H2,1H3. The summed E-state index contributed by atoms with van der Waals surface area (Å²) in [5, 5.41) is 2.03. The van der Waals surface area contributed by atoms with Crippen LogP contribution in [0, 0.1) is 5.92 Å². The molecule has 1 fully saturated rings. The van der Waals surface area contributed by atoms with E-state index in [0.29, 0.717) is 18.9 Å². The highest BCUT2D eigenvalue weighted by molar-refractivity contribution is 7.10. The first kappa shape index (κ1) is 13.8. The second kappa shape index (κ2) is 7.05. The Bertz CT molecular complexity index is 353. The number of ether oxygens (including phenoxy) is 1. The van der Waals surface area contributed by atoms with E-state index < -0.39 is 0 Å². The highest BCUT2D eigenvalue weighted by Gasteiger charge is 2.29. The van der Waals surface area contributed by atoms with Crippen molar-refractivity contribution in [3.8, 4) is 0 Å². The van der Waals surface area contributed by atoms with Crippen molar-refractivity contribution < 1.29 is 9.53 Å². The monoisotopic (exact) mass is 266 g/mol. The summed E-state index contributed by atoms with van der Waals surface area (Å²) in [6, 6.07) is 4.04. The molecule has 0 radical (unpaired) electrons. The molecule has 3 heteroatoms. The molecule has 1 unspecified atom stereocenters. The molecule has 2 nitrogen and oxygen atoms in total. The zero-order valence-electron chi connectivity index (χ0n) is 11.1. The van der Waals surface area contributed by atoms with E-state index in [0.717, 1.165) is 17.7 Å². The Balaban J connectivity index is 1.97. The maximum Gasteiger partial charge on any atom is 0.167 e. The van der Waals surface area contributed by atoms with E-state index in [-0.39, 0.29) is 11.9 Å². The smallest absolute Gasteiger partial charge is 0.167 e. The summed E-state index contributed by atoms with van der Waals surface area (Å²) in [6.07, 6.45) is 6.49. The molecule has 1 aliphatic carbocycles. The molecule has 1 atom stereocenters. The summed E-state index contributed by atoms with van der Waals surface area (Å²) in [5.74, 6) is 0.720. The van der Waals surface area contributed by atoms with Gasteiger partial charge in [0, 0.05) is 17.9 Å². The van der Waals surface area contributed by atoms with Gasteiger partial charge < -0.3 is 4.74 Å². The number of hydrogen-bond acceptors (Lipinski definition) is 3. The molecule has 0 spiro atoms. The summed E-state index contributed by atoms with van der Waals surface area (Å²) in [6.45, 7) is 2.62. The highest BCUT2D eigenvalue weighted by atomic mass is 32.1. The van der Waals surface area contributed by atoms with Crippen LogP contribution < -0.4 is 0 Å². The average Bonchev–Trinajstić information content (AvgIpc) is 2.89. The van der Waals surface area contributed by atoms with Crippen LogP contribution in [0.1, 0.15) is 43.9 Å². The van der Waals surface area contributed by atoms with Gasteiger partial charge in [0.05, 0.1) is 0 Å². The summed E-state index contributed by atoms with van der Waals surface area (Å²) in [4.78, 5) is 13.5. The van der Waals surface area contributed by atoms with Crippen molar-refractivity contribution in [1.29, 1.82) is 0 Å². The van der Waals surface area contributed by atoms with Gasteiger partial charge in [-0.2, -0.15) is 0 Å². The Morgan fingerprint density at radius 2 is 2.22 bits per heavy atom. The van der Waals surface area contributed by atoms with Crippen LogP contribution in [0.4, 0.5) is 0 Å². The lowest BCUT2D eigenvalue weighted by Crippen LogP contribution is -2.35. The van der Waals surface area contributed by atoms with Crippen molar-refractivity contribution >= 4 is 17.1 Å². The van der Waals surface area contributed by atoms with Crippen LogP contribution in [0.5, 0.6) is 0 Å². The first-order chi connectivity index (χ1) is 8.81. The van der Waals surface area contributed by atoms with Crippen molar-refractivity contribution in [2.45, 2.75) is 51.6 Å². The van der Waals surface area contributed by atoms with Gasteiger partial charge in [-0.25, -0.2) is 0 Å². The van der Waals surface area contributed by atoms with Crippen molar-refractivity contribution in [2.75, 3.05) is 6.61 Å². The van der Waals surface area contributed by atoms with E-state index in [9.17, 15) is 4.79 Å². The topological polar surface area (TPSA) is 26.3 Å². The Morgan fingerprint density at radius 3 is 2.83 bits per heavy atom. The second-order valence-corrected chi connectivity index (χ2v) is 6.03. The summed E-state index contributed by atoms with van der Waals surface area (Å²) >= 11 is 1.66. The van der Waals surface area contributed by atoms with Gasteiger partial charge in [0.15, 0.2) is 5.78 Å². The number of carbonyl (C=O) groups is 1. The van der Waals surface area contributed by atoms with Crippen LogP contribution >= 0.6 is 11.3 Å². The van der Waals surface area contributed by atoms with Gasteiger partial charge >= 0.3 is 0 Å². The molecule has 0 N–H and O–H groups in total. The summed E-state index contributed by atoms with van der Waals surface area (Å²) < 4.78 is 5.75. The lowest BCUT2D eigenvalue weighted by atomic mass is 9.83. The van der Waals surface area contributed by atoms with Crippen LogP contribution in [0.2, 0.25) is 0 Å². The third-order valence-corrected chi connectivity index (χ3v) is 4.55. The highest BCUT2D eigenvalue weighted by Crippen LogP contribution is 2.29. The third-order valence-electron chi connectivity index (χ3n) is 3.67. The molecular weight excluding hydrogens is 244 g/mol. The minimum absolute atomic E-state index is 0.169. The molecule has 1 aromatic rings. The van der Waals surface area contributed by atoms with Crippen molar-refractivity contribution in [3.63, 3.8) is 0 Å². The number of carbonyl (C=O) groups excluding carboxylic acids is 1. The molecule has 0 amide bonds. The molecular formula is C15H22O2S. The minimum Gasteiger partial charge on any atom is -0.370 e. The van der Waals surface area contributed by atoms with Gasteiger partial charge in [0.2, 0.25) is 0 Å². The quantitative estimate of drug-likeness (QED) is 0.782. The Labute approximate surface area is 113 Å².